The first-order valence-corrected chi connectivity index (χ1v) is 6.30. The van der Waals surface area contributed by atoms with Gasteiger partial charge in [0.1, 0.15) is 0 Å². The summed E-state index contributed by atoms with van der Waals surface area (Å²) in [6.45, 7) is 2.34. The Bertz CT molecular complexity index is 433. The Kier molecular flexibility index (Phi) is 4.38. The summed E-state index contributed by atoms with van der Waals surface area (Å²) >= 11 is 6.01. The highest BCUT2D eigenvalue weighted by Gasteiger charge is 2.15. The first-order chi connectivity index (χ1) is 8.66. The van der Waals surface area contributed by atoms with Gasteiger partial charge in [-0.3, -0.25) is 10.1 Å². The van der Waals surface area contributed by atoms with Crippen LogP contribution in [-0.4, -0.2) is 24.7 Å². The van der Waals surface area contributed by atoms with Crippen molar-refractivity contribution in [1.29, 1.82) is 0 Å². The molecule has 0 aliphatic carbocycles. The zero-order valence-electron chi connectivity index (χ0n) is 9.89. The molecule has 18 heavy (non-hydrogen) atoms. The molecule has 5 nitrogen and oxygen atoms in total. The molecule has 0 aromatic heterocycles. The predicted octanol–water partition coefficient (Wildman–Crippen LogP) is 3.09. The van der Waals surface area contributed by atoms with Crippen LogP contribution in [-0.2, 0) is 4.74 Å². The van der Waals surface area contributed by atoms with Crippen LogP contribution in [0.5, 0.6) is 0 Å². The van der Waals surface area contributed by atoms with Crippen molar-refractivity contribution in [1.82, 2.24) is 0 Å². The summed E-state index contributed by atoms with van der Waals surface area (Å²) in [6.07, 6.45) is 2.03. The summed E-state index contributed by atoms with van der Waals surface area (Å²) in [5.74, 6) is 0.536. The Labute approximate surface area is 110 Å². The van der Waals surface area contributed by atoms with E-state index in [1.807, 2.05) is 0 Å². The van der Waals surface area contributed by atoms with E-state index in [2.05, 4.69) is 5.32 Å². The Morgan fingerprint density at radius 1 is 1.44 bits per heavy atom. The molecule has 0 bridgehead atoms. The molecule has 1 heterocycles. The van der Waals surface area contributed by atoms with Crippen molar-refractivity contribution in [2.24, 2.45) is 5.92 Å². The molecule has 1 aliphatic heterocycles. The van der Waals surface area contributed by atoms with Crippen LogP contribution in [0.25, 0.3) is 0 Å². The molecule has 0 amide bonds. The highest BCUT2D eigenvalue weighted by molar-refractivity contribution is 6.33. The van der Waals surface area contributed by atoms with Gasteiger partial charge in [0.25, 0.3) is 5.69 Å². The van der Waals surface area contributed by atoms with E-state index in [0.717, 1.165) is 32.6 Å². The number of benzene rings is 1. The molecule has 1 saturated heterocycles. The minimum Gasteiger partial charge on any atom is -0.383 e. The van der Waals surface area contributed by atoms with E-state index in [4.69, 9.17) is 16.3 Å². The van der Waals surface area contributed by atoms with Gasteiger partial charge < -0.3 is 10.1 Å². The monoisotopic (exact) mass is 270 g/mol. The van der Waals surface area contributed by atoms with Crippen molar-refractivity contribution in [3.05, 3.63) is 33.3 Å². The molecule has 0 unspecified atom stereocenters. The van der Waals surface area contributed by atoms with Crippen molar-refractivity contribution in [3.8, 4) is 0 Å². The largest absolute Gasteiger partial charge is 0.383 e. The number of ether oxygens (including phenoxy) is 1. The normalized spacial score (nSPS) is 16.5. The number of anilines is 1. The lowest BCUT2D eigenvalue weighted by atomic mass is 10.0. The van der Waals surface area contributed by atoms with Gasteiger partial charge in [-0.2, -0.15) is 0 Å². The Balaban J connectivity index is 1.99. The lowest BCUT2D eigenvalue weighted by Gasteiger charge is -2.22. The highest BCUT2D eigenvalue weighted by Crippen LogP contribution is 2.27. The molecule has 98 valence electrons. The zero-order chi connectivity index (χ0) is 13.0. The third kappa shape index (κ3) is 3.34. The fraction of sp³-hybridized carbons (Fsp3) is 0.500. The van der Waals surface area contributed by atoms with E-state index >= 15 is 0 Å². The molecule has 0 atom stereocenters. The zero-order valence-corrected chi connectivity index (χ0v) is 10.7. The van der Waals surface area contributed by atoms with E-state index < -0.39 is 4.92 Å². The molecule has 6 heteroatoms. The molecule has 1 aromatic carbocycles. The summed E-state index contributed by atoms with van der Waals surface area (Å²) < 4.78 is 5.28. The average Bonchev–Trinajstić information content (AvgIpc) is 2.38. The molecule has 1 aromatic rings. The second kappa shape index (κ2) is 6.02. The van der Waals surface area contributed by atoms with Crippen molar-refractivity contribution >= 4 is 23.0 Å². The van der Waals surface area contributed by atoms with E-state index in [1.165, 1.54) is 12.1 Å². The molecule has 0 saturated carbocycles. The molecule has 1 aliphatic rings. The third-order valence-corrected chi connectivity index (χ3v) is 3.41. The van der Waals surface area contributed by atoms with Crippen LogP contribution in [0.3, 0.4) is 0 Å². The maximum Gasteiger partial charge on any atom is 0.271 e. The van der Waals surface area contributed by atoms with Gasteiger partial charge in [-0.15, -0.1) is 0 Å². The number of nitro benzene ring substituents is 1. The van der Waals surface area contributed by atoms with Crippen LogP contribution < -0.4 is 5.32 Å². The van der Waals surface area contributed by atoms with Crippen LogP contribution in [0.4, 0.5) is 11.4 Å². The second-order valence-corrected chi connectivity index (χ2v) is 4.77. The highest BCUT2D eigenvalue weighted by atomic mass is 35.5. The first kappa shape index (κ1) is 13.1. The smallest absolute Gasteiger partial charge is 0.271 e. The van der Waals surface area contributed by atoms with Crippen LogP contribution in [0, 0.1) is 16.0 Å². The van der Waals surface area contributed by atoms with Crippen LogP contribution in [0.1, 0.15) is 12.8 Å². The number of hydrogen-bond acceptors (Lipinski definition) is 4. The van der Waals surface area contributed by atoms with Gasteiger partial charge in [0, 0.05) is 31.9 Å². The molecule has 2 rings (SSSR count). The predicted molar refractivity (Wildman–Crippen MR) is 70.1 cm³/mol. The SMILES string of the molecule is O=[N+]([O-])c1ccc(Cl)c(NCC2CCOCC2)c1. The van der Waals surface area contributed by atoms with Crippen molar-refractivity contribution in [2.45, 2.75) is 12.8 Å². The van der Waals surface area contributed by atoms with Crippen LogP contribution in [0.2, 0.25) is 5.02 Å². The number of rotatable bonds is 4. The van der Waals surface area contributed by atoms with E-state index in [-0.39, 0.29) is 5.69 Å². The Hall–Kier alpha value is -1.33. The quantitative estimate of drug-likeness (QED) is 0.674. The van der Waals surface area contributed by atoms with Gasteiger partial charge in [0.15, 0.2) is 0 Å². The summed E-state index contributed by atoms with van der Waals surface area (Å²) in [5, 5.41) is 14.4. The van der Waals surface area contributed by atoms with E-state index in [9.17, 15) is 10.1 Å². The van der Waals surface area contributed by atoms with Crippen molar-refractivity contribution in [3.63, 3.8) is 0 Å². The average molecular weight is 271 g/mol. The molecule has 1 fully saturated rings. The Morgan fingerprint density at radius 2 is 2.17 bits per heavy atom. The standard InChI is InChI=1S/C12H15ClN2O3/c13-11-2-1-10(15(16)17)7-12(11)14-8-9-3-5-18-6-4-9/h1-2,7,9,14H,3-6,8H2. The lowest BCUT2D eigenvalue weighted by Crippen LogP contribution is -2.22. The maximum atomic E-state index is 10.7. The van der Waals surface area contributed by atoms with Crippen molar-refractivity contribution in [2.75, 3.05) is 25.1 Å². The number of non-ortho nitro benzene ring substituents is 1. The molecule has 0 radical (unpaired) electrons. The first-order valence-electron chi connectivity index (χ1n) is 5.92. The van der Waals surface area contributed by atoms with Crippen LogP contribution in [0.15, 0.2) is 18.2 Å². The minimum absolute atomic E-state index is 0.0499. The number of nitrogens with one attached hydrogen (secondary N) is 1. The van der Waals surface area contributed by atoms with Gasteiger partial charge in [-0.05, 0) is 24.8 Å². The second-order valence-electron chi connectivity index (χ2n) is 4.36. The summed E-state index contributed by atoms with van der Waals surface area (Å²) in [7, 11) is 0. The topological polar surface area (TPSA) is 64.4 Å². The number of hydrogen-bond donors (Lipinski definition) is 1. The van der Waals surface area contributed by atoms with E-state index in [0.29, 0.717) is 16.6 Å². The number of nitrogens with zero attached hydrogens (tertiary/aromatic N) is 1. The minimum atomic E-state index is -0.421. The molecular weight excluding hydrogens is 256 g/mol. The van der Waals surface area contributed by atoms with Crippen molar-refractivity contribution < 1.29 is 9.66 Å². The molecule has 1 N–H and O–H groups in total. The fourth-order valence-corrected chi connectivity index (χ4v) is 2.15. The summed E-state index contributed by atoms with van der Waals surface area (Å²) in [4.78, 5) is 10.3. The van der Waals surface area contributed by atoms with Gasteiger partial charge >= 0.3 is 0 Å². The summed E-state index contributed by atoms with van der Waals surface area (Å²) in [6, 6.07) is 4.43. The summed E-state index contributed by atoms with van der Waals surface area (Å²) in [5.41, 5.74) is 0.672. The van der Waals surface area contributed by atoms with Crippen LogP contribution >= 0.6 is 11.6 Å². The van der Waals surface area contributed by atoms with Gasteiger partial charge in [-0.1, -0.05) is 11.6 Å². The Morgan fingerprint density at radius 3 is 2.83 bits per heavy atom. The lowest BCUT2D eigenvalue weighted by molar-refractivity contribution is -0.384. The fourth-order valence-electron chi connectivity index (χ4n) is 1.97. The maximum absolute atomic E-state index is 10.7. The number of nitro groups is 1. The van der Waals surface area contributed by atoms with Gasteiger partial charge in [0.2, 0.25) is 0 Å². The van der Waals surface area contributed by atoms with Gasteiger partial charge in [-0.25, -0.2) is 0 Å². The van der Waals surface area contributed by atoms with Gasteiger partial charge in [0.05, 0.1) is 15.6 Å². The molecule has 0 spiro atoms. The molecular formula is C12H15ClN2O3. The third-order valence-electron chi connectivity index (χ3n) is 3.08. The number of halogens is 1. The van der Waals surface area contributed by atoms with E-state index in [1.54, 1.807) is 6.07 Å².